The highest BCUT2D eigenvalue weighted by atomic mass is 16.6. The molecule has 2 aromatic rings. The first-order valence-corrected chi connectivity index (χ1v) is 8.24. The Morgan fingerprint density at radius 1 is 1.20 bits per heavy atom. The summed E-state index contributed by atoms with van der Waals surface area (Å²) in [4.78, 5) is 23.5. The lowest BCUT2D eigenvalue weighted by Crippen LogP contribution is -2.46. The van der Waals surface area contributed by atoms with Gasteiger partial charge in [-0.2, -0.15) is 0 Å². The van der Waals surface area contributed by atoms with Crippen molar-refractivity contribution >= 4 is 23.0 Å². The van der Waals surface area contributed by atoms with Crippen LogP contribution < -0.4 is 5.73 Å². The number of nitrogens with two attached hydrogens (primary N) is 1. The molecule has 1 radical (unpaired) electrons. The highest BCUT2D eigenvalue weighted by Gasteiger charge is 2.35. The second kappa shape index (κ2) is 7.76. The van der Waals surface area contributed by atoms with Crippen LogP contribution in [0.1, 0.15) is 26.3 Å². The molecule has 3 N–H and O–H groups in total. The summed E-state index contributed by atoms with van der Waals surface area (Å²) in [7, 11) is 0. The maximum atomic E-state index is 12.6. The van der Waals surface area contributed by atoms with Crippen molar-refractivity contribution in [2.75, 3.05) is 0 Å². The Balaban J connectivity index is 2.37. The van der Waals surface area contributed by atoms with E-state index in [-0.39, 0.29) is 6.42 Å². The number of fused-ring (bicyclic) bond motifs is 1. The van der Waals surface area contributed by atoms with Gasteiger partial charge in [-0.15, -0.1) is 0 Å². The largest absolute Gasteiger partial charge is 0.460 e. The van der Waals surface area contributed by atoms with Gasteiger partial charge in [-0.1, -0.05) is 42.5 Å². The van der Waals surface area contributed by atoms with E-state index < -0.39 is 29.6 Å². The Hall–Kier alpha value is -2.24. The number of rotatable bonds is 6. The summed E-state index contributed by atoms with van der Waals surface area (Å²) in [6.45, 7) is 5.24. The average Bonchev–Trinajstić information content (AvgIpc) is 2.56. The van der Waals surface area contributed by atoms with Crippen LogP contribution in [0.25, 0.3) is 10.8 Å². The third kappa shape index (κ3) is 4.87. The third-order valence-corrected chi connectivity index (χ3v) is 3.95. The molecule has 5 nitrogen and oxygen atoms in total. The van der Waals surface area contributed by atoms with Gasteiger partial charge in [0.15, 0.2) is 0 Å². The zero-order valence-corrected chi connectivity index (χ0v) is 14.7. The van der Waals surface area contributed by atoms with Crippen molar-refractivity contribution in [2.45, 2.75) is 44.9 Å². The molecular formula is C20H24NO4. The van der Waals surface area contributed by atoms with E-state index in [1.165, 1.54) is 0 Å². The highest BCUT2D eigenvalue weighted by Crippen LogP contribution is 2.25. The minimum Gasteiger partial charge on any atom is -0.460 e. The summed E-state index contributed by atoms with van der Waals surface area (Å²) in [5.74, 6) is -1.54. The number of hydrogen-bond donors (Lipinski definition) is 2. The zero-order valence-electron chi connectivity index (χ0n) is 14.7. The van der Waals surface area contributed by atoms with E-state index >= 15 is 0 Å². The Labute approximate surface area is 147 Å². The predicted octanol–water partition coefficient (Wildman–Crippen LogP) is 2.14. The number of esters is 1. The number of hydrogen-bond acceptors (Lipinski definition) is 5. The van der Waals surface area contributed by atoms with Gasteiger partial charge < -0.3 is 15.6 Å². The minimum atomic E-state index is -1.37. The van der Waals surface area contributed by atoms with E-state index in [4.69, 9.17) is 10.5 Å². The molecule has 2 rings (SSSR count). The Morgan fingerprint density at radius 3 is 2.48 bits per heavy atom. The summed E-state index contributed by atoms with van der Waals surface area (Å²) >= 11 is 0. The fourth-order valence-electron chi connectivity index (χ4n) is 2.75. The maximum absolute atomic E-state index is 12.6. The van der Waals surface area contributed by atoms with Gasteiger partial charge in [0.25, 0.3) is 0 Å². The first-order chi connectivity index (χ1) is 11.7. The quantitative estimate of drug-likeness (QED) is 0.785. The topological polar surface area (TPSA) is 89.6 Å². The van der Waals surface area contributed by atoms with Crippen LogP contribution in [0.3, 0.4) is 0 Å². The van der Waals surface area contributed by atoms with Crippen molar-refractivity contribution in [2.24, 2.45) is 11.7 Å². The molecular weight excluding hydrogens is 318 g/mol. The molecule has 133 valence electrons. The van der Waals surface area contributed by atoms with Gasteiger partial charge in [0.05, 0.1) is 18.1 Å². The van der Waals surface area contributed by atoms with Gasteiger partial charge in [-0.25, -0.2) is 0 Å². The average molecular weight is 342 g/mol. The van der Waals surface area contributed by atoms with Crippen LogP contribution in [0.4, 0.5) is 0 Å². The lowest BCUT2D eigenvalue weighted by atomic mass is 9.88. The molecule has 3 atom stereocenters. The molecule has 0 saturated carbocycles. The molecule has 0 aliphatic carbocycles. The van der Waals surface area contributed by atoms with Gasteiger partial charge in [-0.05, 0) is 43.5 Å². The normalized spacial score (nSPS) is 15.4. The molecule has 25 heavy (non-hydrogen) atoms. The van der Waals surface area contributed by atoms with E-state index in [2.05, 4.69) is 0 Å². The predicted molar refractivity (Wildman–Crippen MR) is 96.7 cm³/mol. The summed E-state index contributed by atoms with van der Waals surface area (Å²) in [5.41, 5.74) is 5.78. The van der Waals surface area contributed by atoms with Crippen LogP contribution in [-0.4, -0.2) is 35.1 Å². The summed E-state index contributed by atoms with van der Waals surface area (Å²) in [5, 5.41) is 12.4. The lowest BCUT2D eigenvalue weighted by Gasteiger charge is -2.28. The molecule has 0 bridgehead atoms. The van der Waals surface area contributed by atoms with Gasteiger partial charge in [0.1, 0.15) is 5.60 Å². The van der Waals surface area contributed by atoms with Gasteiger partial charge >= 0.3 is 5.97 Å². The number of carbonyl (C=O) groups is 1. The van der Waals surface area contributed by atoms with Gasteiger partial charge in [0.2, 0.25) is 6.29 Å². The second-order valence-electron chi connectivity index (χ2n) is 7.12. The number of carbonyl (C=O) groups excluding carboxylic acids is 2. The molecule has 0 heterocycles. The molecule has 0 aliphatic heterocycles. The fraction of sp³-hybridized carbons (Fsp3) is 0.400. The molecule has 0 fully saturated rings. The van der Waals surface area contributed by atoms with Crippen LogP contribution in [0.15, 0.2) is 42.5 Å². The molecule has 0 amide bonds. The smallest absolute Gasteiger partial charge is 0.312 e. The van der Waals surface area contributed by atoms with E-state index in [9.17, 15) is 14.7 Å². The number of benzene rings is 2. The SMILES string of the molecule is CC(C)(C)OC(=O)C(Cc1cccc2ccccc12)[C@H](O)C(N)[C]=O. The lowest BCUT2D eigenvalue weighted by molar-refractivity contribution is -0.164. The molecule has 0 spiro atoms. The van der Waals surface area contributed by atoms with Crippen molar-refractivity contribution < 1.29 is 19.4 Å². The highest BCUT2D eigenvalue weighted by molar-refractivity contribution is 5.86. The second-order valence-corrected chi connectivity index (χ2v) is 7.12. The summed E-state index contributed by atoms with van der Waals surface area (Å²) in [6, 6.07) is 12.3. The molecule has 0 saturated heterocycles. The monoisotopic (exact) mass is 342 g/mol. The fourth-order valence-corrected chi connectivity index (χ4v) is 2.75. The Bertz CT molecular complexity index is 745. The van der Waals surface area contributed by atoms with Crippen molar-refractivity contribution in [3.63, 3.8) is 0 Å². The minimum absolute atomic E-state index is 0.215. The van der Waals surface area contributed by atoms with Crippen molar-refractivity contribution in [3.05, 3.63) is 48.0 Å². The van der Waals surface area contributed by atoms with Crippen LogP contribution in [-0.2, 0) is 20.7 Å². The first-order valence-electron chi connectivity index (χ1n) is 8.24. The van der Waals surface area contributed by atoms with Crippen LogP contribution in [0.2, 0.25) is 0 Å². The molecule has 5 heteroatoms. The van der Waals surface area contributed by atoms with Crippen LogP contribution >= 0.6 is 0 Å². The van der Waals surface area contributed by atoms with E-state index in [1.807, 2.05) is 42.5 Å². The van der Waals surface area contributed by atoms with Gasteiger partial charge in [0, 0.05) is 0 Å². The van der Waals surface area contributed by atoms with E-state index in [0.29, 0.717) is 0 Å². The number of aliphatic hydroxyl groups is 1. The number of aliphatic hydroxyl groups excluding tert-OH is 1. The van der Waals surface area contributed by atoms with E-state index in [0.717, 1.165) is 16.3 Å². The van der Waals surface area contributed by atoms with Crippen molar-refractivity contribution in [1.29, 1.82) is 0 Å². The standard InChI is InChI=1S/C20H24NO4/c1-20(2,3)25-19(24)16(18(23)17(21)12-22)11-14-9-6-8-13-7-4-5-10-15(13)14/h4-10,16-18,23H,11,21H2,1-3H3/t16?,17?,18-/m0/s1. The number of ether oxygens (including phenoxy) is 1. The Morgan fingerprint density at radius 2 is 1.84 bits per heavy atom. The third-order valence-electron chi connectivity index (χ3n) is 3.95. The summed E-state index contributed by atoms with van der Waals surface area (Å²) in [6.07, 6.45) is 0.402. The Kier molecular flexibility index (Phi) is 5.93. The van der Waals surface area contributed by atoms with Crippen LogP contribution in [0.5, 0.6) is 0 Å². The van der Waals surface area contributed by atoms with Crippen molar-refractivity contribution in [3.8, 4) is 0 Å². The van der Waals surface area contributed by atoms with E-state index in [1.54, 1.807) is 27.1 Å². The van der Waals surface area contributed by atoms with Gasteiger partial charge in [-0.3, -0.25) is 9.59 Å². The zero-order chi connectivity index (χ0) is 18.6. The van der Waals surface area contributed by atoms with Crippen LogP contribution in [0, 0.1) is 5.92 Å². The molecule has 2 unspecified atom stereocenters. The summed E-state index contributed by atoms with van der Waals surface area (Å²) < 4.78 is 5.42. The molecule has 0 aromatic heterocycles. The first kappa shape index (κ1) is 19.1. The van der Waals surface area contributed by atoms with Crippen molar-refractivity contribution in [1.82, 2.24) is 0 Å². The molecule has 0 aliphatic rings. The maximum Gasteiger partial charge on any atom is 0.312 e. The molecule has 2 aromatic carbocycles.